The van der Waals surface area contributed by atoms with E-state index < -0.39 is 0 Å². The van der Waals surface area contributed by atoms with Crippen LogP contribution in [0.15, 0.2) is 99.7 Å². The molecule has 4 heteroatoms. The van der Waals surface area contributed by atoms with Crippen molar-refractivity contribution in [3.63, 3.8) is 0 Å². The van der Waals surface area contributed by atoms with Crippen molar-refractivity contribution in [3.05, 3.63) is 109 Å². The minimum Gasteiger partial charge on any atom is -0.344 e. The van der Waals surface area contributed by atoms with Crippen LogP contribution < -0.4 is 4.90 Å². The van der Waals surface area contributed by atoms with Crippen molar-refractivity contribution in [1.29, 1.82) is 0 Å². The quantitative estimate of drug-likeness (QED) is 0.192. The molecule has 2 aromatic rings. The van der Waals surface area contributed by atoms with Gasteiger partial charge in [-0.3, -0.25) is 4.99 Å². The SMILES string of the molecule is CCCN=C(/C=C/C1=C(Cl)C(=C/C=C2/N(CCC)c3ccccc3C2(C)C)/CCC1)C(C)(C)c1ccccc1I. The molecule has 0 amide bonds. The van der Waals surface area contributed by atoms with Crippen molar-refractivity contribution in [2.75, 3.05) is 18.0 Å². The summed E-state index contributed by atoms with van der Waals surface area (Å²) >= 11 is 9.55. The van der Waals surface area contributed by atoms with Gasteiger partial charge in [-0.2, -0.15) is 0 Å². The minimum absolute atomic E-state index is 0.0401. The van der Waals surface area contributed by atoms with Crippen LogP contribution >= 0.6 is 34.2 Å². The zero-order valence-electron chi connectivity index (χ0n) is 25.0. The summed E-state index contributed by atoms with van der Waals surface area (Å²) in [5, 5.41) is 0.900. The molecule has 2 aliphatic rings. The molecule has 2 aromatic carbocycles. The van der Waals surface area contributed by atoms with Gasteiger partial charge in [-0.1, -0.05) is 102 Å². The third-order valence-electron chi connectivity index (χ3n) is 8.28. The summed E-state index contributed by atoms with van der Waals surface area (Å²) < 4.78 is 1.27. The van der Waals surface area contributed by atoms with Crippen LogP contribution in [0.3, 0.4) is 0 Å². The van der Waals surface area contributed by atoms with E-state index in [0.29, 0.717) is 0 Å². The summed E-state index contributed by atoms with van der Waals surface area (Å²) in [6, 6.07) is 17.5. The fourth-order valence-corrected chi connectivity index (χ4v) is 7.35. The lowest BCUT2D eigenvalue weighted by Gasteiger charge is -2.28. The summed E-state index contributed by atoms with van der Waals surface area (Å²) in [5.41, 5.74) is 8.70. The number of para-hydroxylation sites is 1. The van der Waals surface area contributed by atoms with E-state index in [9.17, 15) is 0 Å². The van der Waals surface area contributed by atoms with Gasteiger partial charge in [0, 0.05) is 49.6 Å². The number of hydrogen-bond acceptors (Lipinski definition) is 2. The predicted molar refractivity (Wildman–Crippen MR) is 184 cm³/mol. The molecule has 2 nitrogen and oxygen atoms in total. The van der Waals surface area contributed by atoms with Gasteiger partial charge in [-0.05, 0) is 101 Å². The Morgan fingerprint density at radius 3 is 2.48 bits per heavy atom. The number of rotatable bonds is 9. The highest BCUT2D eigenvalue weighted by molar-refractivity contribution is 14.1. The van der Waals surface area contributed by atoms with Gasteiger partial charge in [0.1, 0.15) is 0 Å². The van der Waals surface area contributed by atoms with E-state index in [4.69, 9.17) is 16.6 Å². The Morgan fingerprint density at radius 1 is 1.02 bits per heavy atom. The number of anilines is 1. The molecule has 40 heavy (non-hydrogen) atoms. The van der Waals surface area contributed by atoms with Crippen LogP contribution in [0.4, 0.5) is 5.69 Å². The summed E-state index contributed by atoms with van der Waals surface area (Å²) in [6.45, 7) is 15.5. The highest BCUT2D eigenvalue weighted by atomic mass is 127. The Hall–Kier alpha value is -2.11. The van der Waals surface area contributed by atoms with E-state index in [2.05, 4.69) is 142 Å². The van der Waals surface area contributed by atoms with Crippen LogP contribution in [-0.4, -0.2) is 18.8 Å². The van der Waals surface area contributed by atoms with Gasteiger partial charge in [0.2, 0.25) is 0 Å². The first-order valence-corrected chi connectivity index (χ1v) is 16.2. The van der Waals surface area contributed by atoms with Crippen LogP contribution in [0.5, 0.6) is 0 Å². The Kier molecular flexibility index (Phi) is 10.2. The van der Waals surface area contributed by atoms with Crippen LogP contribution in [0.1, 0.15) is 84.8 Å². The first kappa shape index (κ1) is 30.8. The lowest BCUT2D eigenvalue weighted by Crippen LogP contribution is -2.29. The van der Waals surface area contributed by atoms with Crippen LogP contribution in [0.25, 0.3) is 0 Å². The third kappa shape index (κ3) is 6.36. The zero-order chi connectivity index (χ0) is 28.9. The molecule has 0 atom stereocenters. The molecule has 0 saturated heterocycles. The number of hydrogen-bond donors (Lipinski definition) is 0. The molecule has 0 unspecified atom stereocenters. The molecule has 0 N–H and O–H groups in total. The normalized spacial score (nSPS) is 19.8. The van der Waals surface area contributed by atoms with E-state index in [1.807, 2.05) is 0 Å². The van der Waals surface area contributed by atoms with Gasteiger partial charge in [0.05, 0.1) is 0 Å². The lowest BCUT2D eigenvalue weighted by molar-refractivity contribution is 0.629. The van der Waals surface area contributed by atoms with Gasteiger partial charge >= 0.3 is 0 Å². The Morgan fingerprint density at radius 2 is 1.75 bits per heavy atom. The molecule has 212 valence electrons. The average Bonchev–Trinajstić information content (AvgIpc) is 3.14. The number of halogens is 2. The zero-order valence-corrected chi connectivity index (χ0v) is 27.9. The second kappa shape index (κ2) is 13.2. The molecule has 1 aliphatic carbocycles. The molecule has 0 saturated carbocycles. The number of allylic oxidation sites excluding steroid dienone is 8. The van der Waals surface area contributed by atoms with Crippen LogP contribution in [-0.2, 0) is 10.8 Å². The molecule has 1 aliphatic heterocycles. The third-order valence-corrected chi connectivity index (χ3v) is 9.71. The Balaban J connectivity index is 1.67. The maximum atomic E-state index is 7.11. The molecule has 0 aromatic heterocycles. The molecular weight excluding hydrogens is 623 g/mol. The van der Waals surface area contributed by atoms with Crippen LogP contribution in [0, 0.1) is 3.57 Å². The van der Waals surface area contributed by atoms with Crippen molar-refractivity contribution in [2.24, 2.45) is 4.99 Å². The smallest absolute Gasteiger partial charge is 0.0470 e. The first-order chi connectivity index (χ1) is 19.1. The largest absolute Gasteiger partial charge is 0.344 e. The number of benzene rings is 2. The van der Waals surface area contributed by atoms with Crippen molar-refractivity contribution in [1.82, 2.24) is 0 Å². The van der Waals surface area contributed by atoms with Crippen molar-refractivity contribution in [2.45, 2.75) is 84.5 Å². The van der Waals surface area contributed by atoms with Gasteiger partial charge in [0.15, 0.2) is 0 Å². The Bertz CT molecular complexity index is 1370. The molecule has 0 bridgehead atoms. The average molecular weight is 667 g/mol. The van der Waals surface area contributed by atoms with Gasteiger partial charge in [-0.25, -0.2) is 0 Å². The molecular formula is C36H44ClIN2. The highest BCUT2D eigenvalue weighted by Gasteiger charge is 2.39. The van der Waals surface area contributed by atoms with Crippen molar-refractivity contribution < 1.29 is 0 Å². The Labute approximate surface area is 261 Å². The van der Waals surface area contributed by atoms with Gasteiger partial charge < -0.3 is 4.90 Å². The summed E-state index contributed by atoms with van der Waals surface area (Å²) in [5.74, 6) is 0. The monoisotopic (exact) mass is 666 g/mol. The minimum atomic E-state index is -0.194. The summed E-state index contributed by atoms with van der Waals surface area (Å²) in [7, 11) is 0. The highest BCUT2D eigenvalue weighted by Crippen LogP contribution is 2.48. The lowest BCUT2D eigenvalue weighted by atomic mass is 9.79. The summed E-state index contributed by atoms with van der Waals surface area (Å²) in [6.07, 6.45) is 14.3. The number of aliphatic imine (C=N–C) groups is 1. The topological polar surface area (TPSA) is 15.6 Å². The van der Waals surface area contributed by atoms with E-state index in [-0.39, 0.29) is 10.8 Å². The second-order valence-electron chi connectivity index (χ2n) is 11.9. The fraction of sp³-hybridized carbons (Fsp3) is 0.417. The summed E-state index contributed by atoms with van der Waals surface area (Å²) in [4.78, 5) is 7.54. The molecule has 0 fully saturated rings. The molecule has 0 spiro atoms. The fourth-order valence-electron chi connectivity index (χ4n) is 5.97. The second-order valence-corrected chi connectivity index (χ2v) is 13.5. The standard InChI is InChI=1S/C36H44ClIN2/c1-7-24-39-32(35(3,4)28-16-9-11-18-30(28)38)22-20-26-14-13-15-27(34(26)37)21-23-33-36(5,6)29-17-10-12-19-31(29)40(33)25-8-2/h9-12,16-23H,7-8,13-15,24-25H2,1-6H3/b22-20+,27-21+,33-23+,39-32?. The van der Waals surface area contributed by atoms with E-state index in [0.717, 1.165) is 55.9 Å². The maximum absolute atomic E-state index is 7.11. The van der Waals surface area contributed by atoms with Crippen molar-refractivity contribution >= 4 is 45.6 Å². The number of nitrogens with zero attached hydrogens (tertiary/aromatic N) is 2. The van der Waals surface area contributed by atoms with E-state index in [1.54, 1.807) is 0 Å². The van der Waals surface area contributed by atoms with E-state index >= 15 is 0 Å². The van der Waals surface area contributed by atoms with Gasteiger partial charge in [-0.15, -0.1) is 0 Å². The van der Waals surface area contributed by atoms with Gasteiger partial charge in [0.25, 0.3) is 0 Å². The molecule has 1 heterocycles. The van der Waals surface area contributed by atoms with Crippen LogP contribution in [0.2, 0.25) is 0 Å². The van der Waals surface area contributed by atoms with Crippen molar-refractivity contribution in [3.8, 4) is 0 Å². The first-order valence-electron chi connectivity index (χ1n) is 14.8. The maximum Gasteiger partial charge on any atom is 0.0470 e. The molecule has 0 radical (unpaired) electrons. The molecule has 4 rings (SSSR count). The van der Waals surface area contributed by atoms with E-state index in [1.165, 1.54) is 37.2 Å². The predicted octanol–water partition coefficient (Wildman–Crippen LogP) is 10.7. The number of fused-ring (bicyclic) bond motifs is 1.